The molecule has 5 nitrogen and oxygen atoms in total. The van der Waals surface area contributed by atoms with Crippen LogP contribution in [0.1, 0.15) is 39.5 Å². The van der Waals surface area contributed by atoms with E-state index in [1.807, 2.05) is 19.1 Å². The Labute approximate surface area is 155 Å². The van der Waals surface area contributed by atoms with Gasteiger partial charge in [0.2, 0.25) is 10.9 Å². The fourth-order valence-corrected chi connectivity index (χ4v) is 5.37. The van der Waals surface area contributed by atoms with E-state index in [0.717, 1.165) is 22.1 Å². The van der Waals surface area contributed by atoms with Gasteiger partial charge in [-0.05, 0) is 37.8 Å². The van der Waals surface area contributed by atoms with Crippen LogP contribution < -0.4 is 5.32 Å². The van der Waals surface area contributed by atoms with Gasteiger partial charge in [0.15, 0.2) is 5.16 Å². The monoisotopic (exact) mass is 374 g/mol. The van der Waals surface area contributed by atoms with Crippen molar-refractivity contribution < 1.29 is 4.79 Å². The number of thioether (sulfide) groups is 1. The van der Waals surface area contributed by atoms with Crippen molar-refractivity contribution in [2.75, 3.05) is 0 Å². The lowest BCUT2D eigenvalue weighted by atomic mass is 9.86. The van der Waals surface area contributed by atoms with E-state index in [1.54, 1.807) is 11.3 Å². The first-order valence-electron chi connectivity index (χ1n) is 8.83. The standard InChI is InChI=1S/C18H22N4OS2/c1-11-7-3-4-8-13(11)19-16(23)12(2)24-17-20-21-18-22(17)14-9-5-6-10-15(14)25-18/h5-6,9-13H,3-4,7-8H2,1-2H3,(H,19,23)/t11-,12+,13+/m1/s1. The van der Waals surface area contributed by atoms with E-state index in [4.69, 9.17) is 0 Å². The Balaban J connectivity index is 1.51. The number of carbonyl (C=O) groups excluding carboxylic acids is 1. The second-order valence-electron chi connectivity index (χ2n) is 6.81. The average molecular weight is 375 g/mol. The fourth-order valence-electron chi connectivity index (χ4n) is 3.47. The molecule has 1 fully saturated rings. The van der Waals surface area contributed by atoms with Crippen molar-refractivity contribution in [2.45, 2.75) is 56.0 Å². The average Bonchev–Trinajstić information content (AvgIpc) is 3.16. The molecule has 0 aliphatic heterocycles. The number of hydrogen-bond acceptors (Lipinski definition) is 5. The van der Waals surface area contributed by atoms with Crippen LogP contribution in [-0.4, -0.2) is 31.8 Å². The lowest BCUT2D eigenvalue weighted by molar-refractivity contribution is -0.121. The maximum atomic E-state index is 12.6. The van der Waals surface area contributed by atoms with Crippen molar-refractivity contribution >= 4 is 44.2 Å². The van der Waals surface area contributed by atoms with E-state index in [9.17, 15) is 4.79 Å². The molecular weight excluding hydrogens is 352 g/mol. The molecule has 0 unspecified atom stereocenters. The SMILES string of the molecule is C[C@H](Sc1nnc2sc3ccccc3n12)C(=O)N[C@H]1CCCC[C@H]1C. The number of carbonyl (C=O) groups is 1. The Kier molecular flexibility index (Phi) is 4.69. The molecule has 1 aliphatic carbocycles. The number of nitrogens with zero attached hydrogens (tertiary/aromatic N) is 3. The second kappa shape index (κ2) is 6.96. The Bertz CT molecular complexity index is 903. The van der Waals surface area contributed by atoms with Gasteiger partial charge in [-0.25, -0.2) is 0 Å². The number of thiazole rings is 1. The number of hydrogen-bond donors (Lipinski definition) is 1. The number of benzene rings is 1. The largest absolute Gasteiger partial charge is 0.352 e. The minimum Gasteiger partial charge on any atom is -0.352 e. The molecule has 132 valence electrons. The van der Waals surface area contributed by atoms with Crippen LogP contribution in [0.5, 0.6) is 0 Å². The summed E-state index contributed by atoms with van der Waals surface area (Å²) in [6.07, 6.45) is 4.79. The van der Waals surface area contributed by atoms with E-state index >= 15 is 0 Å². The van der Waals surface area contributed by atoms with Gasteiger partial charge in [-0.2, -0.15) is 0 Å². The van der Waals surface area contributed by atoms with Crippen LogP contribution in [0, 0.1) is 5.92 Å². The van der Waals surface area contributed by atoms with E-state index < -0.39 is 0 Å². The Morgan fingerprint density at radius 1 is 1.32 bits per heavy atom. The van der Waals surface area contributed by atoms with Gasteiger partial charge in [-0.15, -0.1) is 10.2 Å². The highest BCUT2D eigenvalue weighted by molar-refractivity contribution is 8.00. The predicted molar refractivity (Wildman–Crippen MR) is 103 cm³/mol. The first kappa shape index (κ1) is 16.8. The van der Waals surface area contributed by atoms with Gasteiger partial charge in [0.25, 0.3) is 0 Å². The summed E-state index contributed by atoms with van der Waals surface area (Å²) in [5, 5.41) is 12.4. The summed E-state index contributed by atoms with van der Waals surface area (Å²) in [6, 6.07) is 8.51. The summed E-state index contributed by atoms with van der Waals surface area (Å²) < 4.78 is 3.24. The molecule has 0 bridgehead atoms. The van der Waals surface area contributed by atoms with Gasteiger partial charge in [0, 0.05) is 6.04 Å². The molecule has 1 saturated carbocycles. The highest BCUT2D eigenvalue weighted by Crippen LogP contribution is 2.31. The molecule has 0 radical (unpaired) electrons. The smallest absolute Gasteiger partial charge is 0.233 e. The molecule has 0 spiro atoms. The number of para-hydroxylation sites is 1. The molecule has 2 aromatic heterocycles. The third-order valence-corrected chi connectivity index (χ3v) is 7.06. The molecule has 3 atom stereocenters. The Morgan fingerprint density at radius 3 is 2.96 bits per heavy atom. The molecule has 0 saturated heterocycles. The zero-order valence-corrected chi connectivity index (χ0v) is 16.1. The zero-order valence-electron chi connectivity index (χ0n) is 14.4. The van der Waals surface area contributed by atoms with Gasteiger partial charge in [-0.1, -0.05) is 55.0 Å². The number of fused-ring (bicyclic) bond motifs is 3. The first-order valence-corrected chi connectivity index (χ1v) is 10.5. The van der Waals surface area contributed by atoms with Crippen molar-refractivity contribution in [1.82, 2.24) is 19.9 Å². The number of amides is 1. The molecule has 3 aromatic rings. The maximum absolute atomic E-state index is 12.6. The summed E-state index contributed by atoms with van der Waals surface area (Å²) >= 11 is 3.10. The van der Waals surface area contributed by atoms with Crippen molar-refractivity contribution in [3.8, 4) is 0 Å². The van der Waals surface area contributed by atoms with Gasteiger partial charge in [-0.3, -0.25) is 9.20 Å². The van der Waals surface area contributed by atoms with E-state index in [1.165, 1.54) is 35.7 Å². The summed E-state index contributed by atoms with van der Waals surface area (Å²) in [5.41, 5.74) is 1.10. The minimum absolute atomic E-state index is 0.0973. The third kappa shape index (κ3) is 3.27. The van der Waals surface area contributed by atoms with Crippen molar-refractivity contribution in [3.63, 3.8) is 0 Å². The minimum atomic E-state index is -0.194. The van der Waals surface area contributed by atoms with Crippen LogP contribution in [0.3, 0.4) is 0 Å². The van der Waals surface area contributed by atoms with Crippen molar-refractivity contribution in [3.05, 3.63) is 24.3 Å². The second-order valence-corrected chi connectivity index (χ2v) is 9.12. The molecule has 4 rings (SSSR count). The van der Waals surface area contributed by atoms with Gasteiger partial charge in [0.05, 0.1) is 15.5 Å². The van der Waals surface area contributed by atoms with Crippen LogP contribution in [0.4, 0.5) is 0 Å². The first-order chi connectivity index (χ1) is 12.1. The van der Waals surface area contributed by atoms with E-state index in [-0.39, 0.29) is 11.2 Å². The molecule has 1 amide bonds. The lowest BCUT2D eigenvalue weighted by Crippen LogP contribution is -2.44. The summed E-state index contributed by atoms with van der Waals surface area (Å²) in [4.78, 5) is 13.5. The number of rotatable bonds is 4. The zero-order chi connectivity index (χ0) is 17.4. The predicted octanol–water partition coefficient (Wildman–Crippen LogP) is 4.12. The number of aromatic nitrogens is 3. The highest BCUT2D eigenvalue weighted by Gasteiger charge is 2.26. The third-order valence-electron chi connectivity index (χ3n) is 5.00. The van der Waals surface area contributed by atoms with Gasteiger partial charge < -0.3 is 5.32 Å². The molecule has 1 N–H and O–H groups in total. The highest BCUT2D eigenvalue weighted by atomic mass is 32.2. The molecule has 7 heteroatoms. The van der Waals surface area contributed by atoms with Gasteiger partial charge in [0.1, 0.15) is 0 Å². The number of nitrogens with one attached hydrogen (secondary N) is 1. The quantitative estimate of drug-likeness (QED) is 0.698. The summed E-state index contributed by atoms with van der Waals surface area (Å²) in [7, 11) is 0. The van der Waals surface area contributed by atoms with Crippen molar-refractivity contribution in [2.24, 2.45) is 5.92 Å². The van der Waals surface area contributed by atoms with Gasteiger partial charge >= 0.3 is 0 Å². The topological polar surface area (TPSA) is 59.3 Å². The van der Waals surface area contributed by atoms with Crippen LogP contribution in [0.2, 0.25) is 0 Å². The molecule has 1 aromatic carbocycles. The van der Waals surface area contributed by atoms with Crippen LogP contribution in [0.25, 0.3) is 15.2 Å². The Morgan fingerprint density at radius 2 is 2.12 bits per heavy atom. The summed E-state index contributed by atoms with van der Waals surface area (Å²) in [5.74, 6) is 0.663. The van der Waals surface area contributed by atoms with Crippen molar-refractivity contribution in [1.29, 1.82) is 0 Å². The normalized spacial score (nSPS) is 22.3. The van der Waals surface area contributed by atoms with Crippen LogP contribution in [-0.2, 0) is 4.79 Å². The summed E-state index contributed by atoms with van der Waals surface area (Å²) in [6.45, 7) is 4.19. The fraction of sp³-hybridized carbons (Fsp3) is 0.500. The Hall–Kier alpha value is -1.60. The molecule has 25 heavy (non-hydrogen) atoms. The molecular formula is C18H22N4OS2. The van der Waals surface area contributed by atoms with Crippen LogP contribution in [0.15, 0.2) is 29.4 Å². The van der Waals surface area contributed by atoms with E-state index in [0.29, 0.717) is 12.0 Å². The van der Waals surface area contributed by atoms with Crippen LogP contribution >= 0.6 is 23.1 Å². The van der Waals surface area contributed by atoms with E-state index in [2.05, 4.69) is 39.0 Å². The molecule has 1 aliphatic rings. The molecule has 2 heterocycles. The lowest BCUT2D eigenvalue weighted by Gasteiger charge is -2.30. The maximum Gasteiger partial charge on any atom is 0.233 e.